The van der Waals surface area contributed by atoms with Gasteiger partial charge in [0.05, 0.1) is 17.3 Å². The van der Waals surface area contributed by atoms with E-state index in [4.69, 9.17) is 0 Å². The number of carbonyl (C=O) groups excluding carboxylic acids is 2. The smallest absolute Gasteiger partial charge is 0.256 e. The number of aromatic amines is 1. The van der Waals surface area contributed by atoms with Crippen LogP contribution in [-0.4, -0.2) is 58.0 Å². The number of amides is 2. The largest absolute Gasteiger partial charge is 0.339 e. The first-order chi connectivity index (χ1) is 10.6. The average molecular weight is 300 g/mol. The molecule has 0 bridgehead atoms. The summed E-state index contributed by atoms with van der Waals surface area (Å²) in [5, 5.41) is 7.81. The first-order valence-electron chi connectivity index (χ1n) is 7.58. The topological polar surface area (TPSA) is 69.3 Å². The lowest BCUT2D eigenvalue weighted by molar-refractivity contribution is -0.135. The molecule has 1 fully saturated rings. The standard InChI is InChI=1S/C16H20N4O2/c1-11(2)15(21)19-6-8-20(9-7-19)16(22)13-5-3-4-12-10-17-18-14(12)13/h3-5,10-11H,6-9H2,1-2H3,(H,17,18). The number of benzene rings is 1. The summed E-state index contributed by atoms with van der Waals surface area (Å²) in [7, 11) is 0. The highest BCUT2D eigenvalue weighted by molar-refractivity contribution is 6.05. The van der Waals surface area contributed by atoms with Crippen molar-refractivity contribution in [1.82, 2.24) is 20.0 Å². The molecule has 6 nitrogen and oxygen atoms in total. The van der Waals surface area contributed by atoms with Crippen LogP contribution in [0.4, 0.5) is 0 Å². The van der Waals surface area contributed by atoms with Crippen LogP contribution in [0.5, 0.6) is 0 Å². The fraction of sp³-hybridized carbons (Fsp3) is 0.438. The molecule has 22 heavy (non-hydrogen) atoms. The number of rotatable bonds is 2. The average Bonchev–Trinajstić information content (AvgIpc) is 3.02. The van der Waals surface area contributed by atoms with Crippen LogP contribution in [0.3, 0.4) is 0 Å². The molecule has 1 aliphatic rings. The molecule has 2 amide bonds. The maximum atomic E-state index is 12.7. The molecule has 0 radical (unpaired) electrons. The third kappa shape index (κ3) is 2.56. The minimum absolute atomic E-state index is 0.000919. The second kappa shape index (κ2) is 5.79. The normalized spacial score (nSPS) is 15.6. The molecule has 0 aliphatic carbocycles. The van der Waals surface area contributed by atoms with Gasteiger partial charge >= 0.3 is 0 Å². The van der Waals surface area contributed by atoms with Crippen LogP contribution in [0.15, 0.2) is 24.4 Å². The predicted octanol–water partition coefficient (Wildman–Crippen LogP) is 1.50. The first kappa shape index (κ1) is 14.6. The van der Waals surface area contributed by atoms with Gasteiger partial charge in [-0.15, -0.1) is 0 Å². The number of nitrogens with zero attached hydrogens (tertiary/aromatic N) is 3. The zero-order valence-corrected chi connectivity index (χ0v) is 12.9. The summed E-state index contributed by atoms with van der Waals surface area (Å²) in [6, 6.07) is 5.60. The molecule has 0 spiro atoms. The van der Waals surface area contributed by atoms with Crippen LogP contribution in [0.2, 0.25) is 0 Å². The predicted molar refractivity (Wildman–Crippen MR) is 83.4 cm³/mol. The van der Waals surface area contributed by atoms with Gasteiger partial charge in [0, 0.05) is 37.5 Å². The Labute approximate surface area is 129 Å². The van der Waals surface area contributed by atoms with Crippen molar-refractivity contribution in [2.24, 2.45) is 5.92 Å². The maximum Gasteiger partial charge on any atom is 0.256 e. The van der Waals surface area contributed by atoms with E-state index in [-0.39, 0.29) is 17.7 Å². The van der Waals surface area contributed by atoms with E-state index >= 15 is 0 Å². The minimum atomic E-state index is -0.00787. The molecule has 1 saturated heterocycles. The van der Waals surface area contributed by atoms with E-state index < -0.39 is 0 Å². The number of H-pyrrole nitrogens is 1. The van der Waals surface area contributed by atoms with Crippen molar-refractivity contribution in [3.05, 3.63) is 30.0 Å². The number of nitrogens with one attached hydrogen (secondary N) is 1. The molecular formula is C16H20N4O2. The zero-order valence-electron chi connectivity index (χ0n) is 12.9. The molecule has 1 aromatic carbocycles. The maximum absolute atomic E-state index is 12.7. The number of carbonyl (C=O) groups is 2. The monoisotopic (exact) mass is 300 g/mol. The Kier molecular flexibility index (Phi) is 3.83. The zero-order chi connectivity index (χ0) is 15.7. The van der Waals surface area contributed by atoms with Crippen molar-refractivity contribution in [3.63, 3.8) is 0 Å². The lowest BCUT2D eigenvalue weighted by Crippen LogP contribution is -2.51. The summed E-state index contributed by atoms with van der Waals surface area (Å²) in [6.07, 6.45) is 1.71. The molecule has 1 aliphatic heterocycles. The summed E-state index contributed by atoms with van der Waals surface area (Å²) < 4.78 is 0. The number of hydrogen-bond donors (Lipinski definition) is 1. The Morgan fingerprint density at radius 1 is 1.14 bits per heavy atom. The number of aromatic nitrogens is 2. The summed E-state index contributed by atoms with van der Waals surface area (Å²) in [6.45, 7) is 6.14. The molecule has 2 aromatic rings. The summed E-state index contributed by atoms with van der Waals surface area (Å²) in [5.74, 6) is 0.148. The lowest BCUT2D eigenvalue weighted by atomic mass is 10.1. The number of hydrogen-bond acceptors (Lipinski definition) is 3. The van der Waals surface area contributed by atoms with Gasteiger partial charge in [-0.1, -0.05) is 26.0 Å². The van der Waals surface area contributed by atoms with Crippen LogP contribution >= 0.6 is 0 Å². The van der Waals surface area contributed by atoms with Crippen LogP contribution in [0, 0.1) is 5.92 Å². The van der Waals surface area contributed by atoms with E-state index in [0.717, 1.165) is 10.9 Å². The minimum Gasteiger partial charge on any atom is -0.339 e. The molecule has 0 unspecified atom stereocenters. The Hall–Kier alpha value is -2.37. The van der Waals surface area contributed by atoms with Crippen molar-refractivity contribution < 1.29 is 9.59 Å². The highest BCUT2D eigenvalue weighted by Crippen LogP contribution is 2.18. The van der Waals surface area contributed by atoms with Crippen molar-refractivity contribution in [3.8, 4) is 0 Å². The van der Waals surface area contributed by atoms with Crippen molar-refractivity contribution in [1.29, 1.82) is 0 Å². The van der Waals surface area contributed by atoms with Crippen molar-refractivity contribution in [2.45, 2.75) is 13.8 Å². The van der Waals surface area contributed by atoms with E-state index in [2.05, 4.69) is 10.2 Å². The van der Waals surface area contributed by atoms with Gasteiger partial charge in [-0.25, -0.2) is 0 Å². The van der Waals surface area contributed by atoms with Crippen molar-refractivity contribution >= 4 is 22.7 Å². The highest BCUT2D eigenvalue weighted by Gasteiger charge is 2.26. The van der Waals surface area contributed by atoms with Gasteiger partial charge in [-0.3, -0.25) is 14.7 Å². The summed E-state index contributed by atoms with van der Waals surface area (Å²) in [4.78, 5) is 28.3. The van der Waals surface area contributed by atoms with Gasteiger partial charge in [0.1, 0.15) is 0 Å². The fourth-order valence-electron chi connectivity index (χ4n) is 2.81. The summed E-state index contributed by atoms with van der Waals surface area (Å²) in [5.41, 5.74) is 1.41. The van der Waals surface area contributed by atoms with Crippen molar-refractivity contribution in [2.75, 3.05) is 26.2 Å². The molecule has 0 atom stereocenters. The van der Waals surface area contributed by atoms with Crippen LogP contribution < -0.4 is 0 Å². The Balaban J connectivity index is 1.73. The van der Waals surface area contributed by atoms with Gasteiger partial charge in [-0.2, -0.15) is 5.10 Å². The van der Waals surface area contributed by atoms with E-state index in [9.17, 15) is 9.59 Å². The molecule has 2 heterocycles. The molecule has 116 valence electrons. The lowest BCUT2D eigenvalue weighted by Gasteiger charge is -2.35. The molecule has 3 rings (SSSR count). The molecule has 1 aromatic heterocycles. The van der Waals surface area contributed by atoms with E-state index in [1.165, 1.54) is 0 Å². The molecule has 6 heteroatoms. The van der Waals surface area contributed by atoms with Crippen LogP contribution in [0.25, 0.3) is 10.9 Å². The van der Waals surface area contributed by atoms with Gasteiger partial charge in [-0.05, 0) is 6.07 Å². The molecule has 0 saturated carbocycles. The van der Waals surface area contributed by atoms with Crippen LogP contribution in [-0.2, 0) is 4.79 Å². The molecule has 1 N–H and O–H groups in total. The van der Waals surface area contributed by atoms with E-state index in [1.54, 1.807) is 11.1 Å². The second-order valence-corrected chi connectivity index (χ2v) is 5.91. The van der Waals surface area contributed by atoms with Crippen LogP contribution in [0.1, 0.15) is 24.2 Å². The van der Waals surface area contributed by atoms with E-state index in [0.29, 0.717) is 31.7 Å². The number of para-hydroxylation sites is 1. The fourth-order valence-corrected chi connectivity index (χ4v) is 2.81. The summed E-state index contributed by atoms with van der Waals surface area (Å²) >= 11 is 0. The Bertz CT molecular complexity index is 699. The highest BCUT2D eigenvalue weighted by atomic mass is 16.2. The van der Waals surface area contributed by atoms with Gasteiger partial charge in [0.25, 0.3) is 5.91 Å². The number of fused-ring (bicyclic) bond motifs is 1. The third-order valence-electron chi connectivity index (χ3n) is 4.08. The second-order valence-electron chi connectivity index (χ2n) is 5.91. The third-order valence-corrected chi connectivity index (χ3v) is 4.08. The number of piperazine rings is 1. The first-order valence-corrected chi connectivity index (χ1v) is 7.58. The Morgan fingerprint density at radius 2 is 1.82 bits per heavy atom. The SMILES string of the molecule is CC(C)C(=O)N1CCN(C(=O)c2cccc3cn[nH]c23)CC1. The Morgan fingerprint density at radius 3 is 2.50 bits per heavy atom. The van der Waals surface area contributed by atoms with Gasteiger partial charge < -0.3 is 9.80 Å². The van der Waals surface area contributed by atoms with E-state index in [1.807, 2.05) is 36.9 Å². The quantitative estimate of drug-likeness (QED) is 0.914. The van der Waals surface area contributed by atoms with Gasteiger partial charge in [0.15, 0.2) is 0 Å². The molecular weight excluding hydrogens is 280 g/mol. The van der Waals surface area contributed by atoms with Gasteiger partial charge in [0.2, 0.25) is 5.91 Å².